The number of rotatable bonds is 4. The van der Waals surface area contributed by atoms with Crippen molar-refractivity contribution in [2.45, 2.75) is 36.5 Å². The molecule has 0 radical (unpaired) electrons. The minimum Gasteiger partial charge on any atom is -0.493 e. The Balaban J connectivity index is 1.71. The van der Waals surface area contributed by atoms with Crippen molar-refractivity contribution in [1.82, 2.24) is 5.32 Å². The highest BCUT2D eigenvalue weighted by molar-refractivity contribution is 9.10. The summed E-state index contributed by atoms with van der Waals surface area (Å²) in [5.74, 6) is 1.04. The standard InChI is InChI=1S/C15H20BrNOS/c1-19-15(6-2-7-15)10-17-13-5-8-18-14-4-3-11(16)9-12(13)14/h3-4,9,13,17H,2,5-8,10H2,1H3. The van der Waals surface area contributed by atoms with Crippen LogP contribution < -0.4 is 10.1 Å². The van der Waals surface area contributed by atoms with E-state index >= 15 is 0 Å². The normalized spacial score (nSPS) is 24.2. The molecule has 1 aliphatic heterocycles. The summed E-state index contributed by atoms with van der Waals surface area (Å²) < 4.78 is 7.36. The van der Waals surface area contributed by atoms with Crippen LogP contribution in [0.25, 0.3) is 0 Å². The van der Waals surface area contributed by atoms with Gasteiger partial charge < -0.3 is 10.1 Å². The third-order valence-corrected chi connectivity index (χ3v) is 6.29. The SMILES string of the molecule is CSC1(CNC2CCOc3ccc(Br)cc32)CCC1. The maximum atomic E-state index is 5.74. The van der Waals surface area contributed by atoms with E-state index in [2.05, 4.69) is 45.7 Å². The maximum absolute atomic E-state index is 5.74. The van der Waals surface area contributed by atoms with Gasteiger partial charge in [-0.3, -0.25) is 0 Å². The molecule has 0 aromatic heterocycles. The lowest BCUT2D eigenvalue weighted by Crippen LogP contribution is -2.45. The van der Waals surface area contributed by atoms with Gasteiger partial charge in [0.05, 0.1) is 6.61 Å². The summed E-state index contributed by atoms with van der Waals surface area (Å²) in [5.41, 5.74) is 1.30. The Kier molecular flexibility index (Phi) is 4.11. The lowest BCUT2D eigenvalue weighted by atomic mass is 9.83. The highest BCUT2D eigenvalue weighted by Gasteiger charge is 2.36. The summed E-state index contributed by atoms with van der Waals surface area (Å²) in [5, 5.41) is 3.78. The Morgan fingerprint density at radius 1 is 1.47 bits per heavy atom. The molecule has 0 spiro atoms. The summed E-state index contributed by atoms with van der Waals surface area (Å²) in [6.45, 7) is 1.93. The predicted octanol–water partition coefficient (Wildman–Crippen LogP) is 4.15. The molecule has 1 aliphatic carbocycles. The average molecular weight is 342 g/mol. The second-order valence-electron chi connectivity index (χ2n) is 5.49. The summed E-state index contributed by atoms with van der Waals surface area (Å²) >= 11 is 5.59. The third kappa shape index (κ3) is 2.81. The minimum atomic E-state index is 0.436. The van der Waals surface area contributed by atoms with Crippen LogP contribution in [-0.4, -0.2) is 24.2 Å². The fourth-order valence-electron chi connectivity index (χ4n) is 2.91. The Labute approximate surface area is 127 Å². The molecule has 0 bridgehead atoms. The van der Waals surface area contributed by atoms with Crippen molar-refractivity contribution in [3.05, 3.63) is 28.2 Å². The number of halogens is 1. The van der Waals surface area contributed by atoms with Gasteiger partial charge in [0.25, 0.3) is 0 Å². The topological polar surface area (TPSA) is 21.3 Å². The van der Waals surface area contributed by atoms with Crippen LogP contribution in [-0.2, 0) is 0 Å². The molecule has 0 amide bonds. The van der Waals surface area contributed by atoms with E-state index in [0.29, 0.717) is 10.8 Å². The number of hydrogen-bond acceptors (Lipinski definition) is 3. The first kappa shape index (κ1) is 13.8. The van der Waals surface area contributed by atoms with Gasteiger partial charge in [-0.15, -0.1) is 0 Å². The van der Waals surface area contributed by atoms with Crippen molar-refractivity contribution >= 4 is 27.7 Å². The molecule has 1 N–H and O–H groups in total. The molecule has 1 aromatic carbocycles. The number of thioether (sulfide) groups is 1. The smallest absolute Gasteiger partial charge is 0.124 e. The highest BCUT2D eigenvalue weighted by Crippen LogP contribution is 2.43. The third-order valence-electron chi connectivity index (χ3n) is 4.38. The second kappa shape index (κ2) is 5.66. The van der Waals surface area contributed by atoms with Crippen LogP contribution in [0.3, 0.4) is 0 Å². The van der Waals surface area contributed by atoms with Crippen LogP contribution in [0, 0.1) is 0 Å². The molecule has 19 heavy (non-hydrogen) atoms. The summed E-state index contributed by atoms with van der Waals surface area (Å²) in [7, 11) is 0. The molecule has 1 heterocycles. The van der Waals surface area contributed by atoms with E-state index in [1.54, 1.807) is 0 Å². The van der Waals surface area contributed by atoms with Crippen molar-refractivity contribution in [1.29, 1.82) is 0 Å². The van der Waals surface area contributed by atoms with Gasteiger partial charge in [-0.2, -0.15) is 11.8 Å². The van der Waals surface area contributed by atoms with Crippen LogP contribution >= 0.6 is 27.7 Å². The van der Waals surface area contributed by atoms with Crippen LogP contribution in [0.4, 0.5) is 0 Å². The largest absolute Gasteiger partial charge is 0.493 e. The summed E-state index contributed by atoms with van der Waals surface area (Å²) in [6, 6.07) is 6.75. The lowest BCUT2D eigenvalue weighted by molar-refractivity contribution is 0.241. The Hall–Kier alpha value is -0.190. The molecule has 1 aromatic rings. The molecular formula is C15H20BrNOS. The van der Waals surface area contributed by atoms with E-state index in [9.17, 15) is 0 Å². The molecule has 3 rings (SSSR count). The number of ether oxygens (including phenoxy) is 1. The van der Waals surface area contributed by atoms with Crippen LogP contribution in [0.5, 0.6) is 5.75 Å². The summed E-state index contributed by atoms with van der Waals surface area (Å²) in [4.78, 5) is 0. The van der Waals surface area contributed by atoms with Crippen molar-refractivity contribution < 1.29 is 4.74 Å². The van der Waals surface area contributed by atoms with E-state index in [4.69, 9.17) is 4.74 Å². The van der Waals surface area contributed by atoms with Gasteiger partial charge in [-0.05, 0) is 37.3 Å². The predicted molar refractivity (Wildman–Crippen MR) is 85.1 cm³/mol. The van der Waals surface area contributed by atoms with Gasteiger partial charge in [0.2, 0.25) is 0 Å². The number of benzene rings is 1. The van der Waals surface area contributed by atoms with Crippen LogP contribution in [0.2, 0.25) is 0 Å². The van der Waals surface area contributed by atoms with E-state index in [-0.39, 0.29) is 0 Å². The molecule has 4 heteroatoms. The number of hydrogen-bond donors (Lipinski definition) is 1. The molecule has 1 unspecified atom stereocenters. The van der Waals surface area contributed by atoms with E-state index in [1.807, 2.05) is 11.8 Å². The molecule has 1 atom stereocenters. The number of nitrogens with one attached hydrogen (secondary N) is 1. The van der Waals surface area contributed by atoms with Crippen molar-refractivity contribution in [3.8, 4) is 5.75 Å². The Morgan fingerprint density at radius 2 is 2.32 bits per heavy atom. The molecular weight excluding hydrogens is 322 g/mol. The fraction of sp³-hybridized carbons (Fsp3) is 0.600. The van der Waals surface area contributed by atoms with Gasteiger partial charge in [0.15, 0.2) is 0 Å². The second-order valence-corrected chi connectivity index (χ2v) is 7.68. The van der Waals surface area contributed by atoms with Crippen molar-refractivity contribution in [2.24, 2.45) is 0 Å². The van der Waals surface area contributed by atoms with E-state index < -0.39 is 0 Å². The first-order chi connectivity index (χ1) is 9.22. The summed E-state index contributed by atoms with van der Waals surface area (Å²) in [6.07, 6.45) is 7.41. The van der Waals surface area contributed by atoms with Crippen LogP contribution in [0.1, 0.15) is 37.3 Å². The molecule has 1 saturated carbocycles. The first-order valence-electron chi connectivity index (χ1n) is 6.93. The van der Waals surface area contributed by atoms with E-state index in [0.717, 1.165) is 29.8 Å². The monoisotopic (exact) mass is 341 g/mol. The van der Waals surface area contributed by atoms with Crippen molar-refractivity contribution in [2.75, 3.05) is 19.4 Å². The molecule has 2 aliphatic rings. The molecule has 2 nitrogen and oxygen atoms in total. The molecule has 0 saturated heterocycles. The molecule has 104 valence electrons. The maximum Gasteiger partial charge on any atom is 0.124 e. The van der Waals surface area contributed by atoms with Gasteiger partial charge in [-0.25, -0.2) is 0 Å². The van der Waals surface area contributed by atoms with E-state index in [1.165, 1.54) is 24.8 Å². The van der Waals surface area contributed by atoms with Gasteiger partial charge in [-0.1, -0.05) is 22.4 Å². The number of fused-ring (bicyclic) bond motifs is 1. The average Bonchev–Trinajstić information content (AvgIpc) is 2.38. The Bertz CT molecular complexity index is 456. The zero-order valence-corrected chi connectivity index (χ0v) is 13.6. The van der Waals surface area contributed by atoms with Crippen LogP contribution in [0.15, 0.2) is 22.7 Å². The molecule has 1 fully saturated rings. The van der Waals surface area contributed by atoms with Gasteiger partial charge in [0.1, 0.15) is 5.75 Å². The van der Waals surface area contributed by atoms with Gasteiger partial charge >= 0.3 is 0 Å². The zero-order chi connectivity index (χ0) is 13.3. The highest BCUT2D eigenvalue weighted by atomic mass is 79.9. The van der Waals surface area contributed by atoms with Crippen molar-refractivity contribution in [3.63, 3.8) is 0 Å². The minimum absolute atomic E-state index is 0.436. The zero-order valence-electron chi connectivity index (χ0n) is 11.2. The van der Waals surface area contributed by atoms with Gasteiger partial charge in [0, 0.05) is 33.8 Å². The fourth-order valence-corrected chi connectivity index (χ4v) is 4.21. The lowest BCUT2D eigenvalue weighted by Gasteiger charge is -2.42. The quantitative estimate of drug-likeness (QED) is 0.888. The first-order valence-corrected chi connectivity index (χ1v) is 8.95. The Morgan fingerprint density at radius 3 is 3.00 bits per heavy atom.